The summed E-state index contributed by atoms with van der Waals surface area (Å²) in [5, 5.41) is 12.8. The van der Waals surface area contributed by atoms with E-state index in [0.717, 1.165) is 0 Å². The van der Waals surface area contributed by atoms with Crippen molar-refractivity contribution in [2.75, 3.05) is 59.7 Å². The molecule has 20 aromatic carbocycles. The van der Waals surface area contributed by atoms with E-state index in [2.05, 4.69) is 588 Å². The zero-order valence-electron chi connectivity index (χ0n) is 81.2. The van der Waals surface area contributed by atoms with Gasteiger partial charge in [-0.15, -0.1) is 56.7 Å². The number of fused-ring (bicyclic) bond motifs is 5. The molecular formula is C135H105N5S5. The number of rotatable bonds is 20. The summed E-state index contributed by atoms with van der Waals surface area (Å²) < 4.78 is 0. The number of hydrogen-bond acceptors (Lipinski definition) is 10. The topological polar surface area (TPSA) is 16.2 Å². The molecule has 0 bridgehead atoms. The van der Waals surface area contributed by atoms with Crippen LogP contribution in [0.4, 0.5) is 56.9 Å². The van der Waals surface area contributed by atoms with Crippen LogP contribution in [0.2, 0.25) is 0 Å². The van der Waals surface area contributed by atoms with Crippen LogP contribution in [0.3, 0.4) is 0 Å². The monoisotopic (exact) mass is 1960 g/mol. The van der Waals surface area contributed by atoms with Crippen molar-refractivity contribution in [1.82, 2.24) is 0 Å². The van der Waals surface area contributed by atoms with E-state index in [1.54, 1.807) is 0 Å². The van der Waals surface area contributed by atoms with Crippen LogP contribution in [0.15, 0.2) is 546 Å². The summed E-state index contributed by atoms with van der Waals surface area (Å²) in [6.07, 6.45) is 0. The Kier molecular flexibility index (Phi) is 29.0. The molecule has 0 amide bonds. The fraction of sp³-hybridized carbons (Fsp3) is 0.0370. The molecule has 0 unspecified atom stereocenters. The summed E-state index contributed by atoms with van der Waals surface area (Å²) in [7, 11) is 10.6. The Morgan fingerprint density at radius 1 is 0.124 bits per heavy atom. The van der Waals surface area contributed by atoms with Gasteiger partial charge in [0.25, 0.3) is 0 Å². The van der Waals surface area contributed by atoms with Gasteiger partial charge in [-0.05, 0) is 269 Å². The Balaban J connectivity index is 0.000000107. The predicted molar refractivity (Wildman–Crippen MR) is 636 cm³/mol. The normalized spacial score (nSPS) is 10.9. The van der Waals surface area contributed by atoms with Gasteiger partial charge in [0.1, 0.15) is 0 Å². The third-order valence-corrected chi connectivity index (χ3v) is 32.5. The van der Waals surface area contributed by atoms with E-state index >= 15 is 0 Å². The van der Waals surface area contributed by atoms with E-state index < -0.39 is 0 Å². The van der Waals surface area contributed by atoms with Gasteiger partial charge in [-0.2, -0.15) is 0 Å². The highest BCUT2D eigenvalue weighted by Gasteiger charge is 2.19. The highest BCUT2D eigenvalue weighted by atomic mass is 32.1. The molecule has 0 fully saturated rings. The zero-order valence-corrected chi connectivity index (χ0v) is 85.3. The first-order valence-electron chi connectivity index (χ1n) is 48.8. The lowest BCUT2D eigenvalue weighted by Crippen LogP contribution is -2.09. The Hall–Kier alpha value is -16.8. The molecule has 0 saturated carbocycles. The number of hydrogen-bond donors (Lipinski definition) is 0. The third kappa shape index (κ3) is 21.7. The Morgan fingerprint density at radius 3 is 0.628 bits per heavy atom. The first-order chi connectivity index (χ1) is 71.5. The lowest BCUT2D eigenvalue weighted by Gasteiger charge is -2.22. The number of nitrogens with zero attached hydrogens (tertiary/aromatic N) is 5. The number of para-hydroxylation sites is 3. The van der Waals surface area contributed by atoms with Gasteiger partial charge in [0.2, 0.25) is 0 Å². The van der Waals surface area contributed by atoms with E-state index in [1.165, 1.54) is 215 Å². The van der Waals surface area contributed by atoms with Gasteiger partial charge in [-0.3, -0.25) is 0 Å². The zero-order chi connectivity index (χ0) is 98.2. The molecule has 700 valence electrons. The van der Waals surface area contributed by atoms with Crippen LogP contribution in [-0.4, -0.2) is 35.2 Å². The molecule has 0 aliphatic rings. The average Bonchev–Trinajstić information content (AvgIpc) is 1.61. The van der Waals surface area contributed by atoms with E-state index in [-0.39, 0.29) is 0 Å². The Bertz CT molecular complexity index is 8640. The average molecular weight is 1960 g/mol. The third-order valence-electron chi connectivity index (χ3n) is 26.6. The first kappa shape index (κ1) is 94.4. The fourth-order valence-electron chi connectivity index (χ4n) is 18.7. The summed E-state index contributed by atoms with van der Waals surface area (Å²) in [6, 6.07) is 194. The smallest absolute Gasteiger partial charge is 0.0487 e. The summed E-state index contributed by atoms with van der Waals surface area (Å²) in [5.74, 6) is 0. The molecule has 25 aromatic rings. The molecule has 0 aliphatic heterocycles. The van der Waals surface area contributed by atoms with Gasteiger partial charge in [-0.25, -0.2) is 0 Å². The van der Waals surface area contributed by atoms with Crippen molar-refractivity contribution in [2.24, 2.45) is 0 Å². The molecule has 25 rings (SSSR count). The van der Waals surface area contributed by atoms with Crippen molar-refractivity contribution in [2.45, 2.75) is 0 Å². The lowest BCUT2D eigenvalue weighted by molar-refractivity contribution is 1.21. The van der Waals surface area contributed by atoms with Crippen LogP contribution in [0.5, 0.6) is 0 Å². The van der Waals surface area contributed by atoms with Gasteiger partial charge in [-0.1, -0.05) is 376 Å². The van der Waals surface area contributed by atoms with Crippen LogP contribution in [-0.2, 0) is 0 Å². The second kappa shape index (κ2) is 44.6. The molecule has 0 spiro atoms. The Morgan fingerprint density at radius 2 is 0.310 bits per heavy atom. The van der Waals surface area contributed by atoms with Gasteiger partial charge in [0.05, 0.1) is 0 Å². The molecule has 0 atom stereocenters. The maximum Gasteiger partial charge on any atom is 0.0487 e. The molecule has 10 heteroatoms. The minimum Gasteiger partial charge on any atom is -0.345 e. The summed E-state index contributed by atoms with van der Waals surface area (Å²) in [6.45, 7) is 0. The fourth-order valence-corrected chi connectivity index (χ4v) is 23.9. The van der Waals surface area contributed by atoms with Crippen LogP contribution in [0.25, 0.3) is 158 Å². The molecule has 0 radical (unpaired) electrons. The molecule has 0 saturated heterocycles. The van der Waals surface area contributed by atoms with Gasteiger partial charge in [0.15, 0.2) is 0 Å². The second-order valence-electron chi connectivity index (χ2n) is 35.7. The van der Waals surface area contributed by atoms with Crippen LogP contribution >= 0.6 is 56.7 Å². The maximum atomic E-state index is 2.28. The molecule has 5 heterocycles. The van der Waals surface area contributed by atoms with E-state index in [9.17, 15) is 0 Å². The van der Waals surface area contributed by atoms with Crippen molar-refractivity contribution in [3.8, 4) is 104 Å². The highest BCUT2D eigenvalue weighted by molar-refractivity contribution is 7.20. The van der Waals surface area contributed by atoms with E-state index in [1.807, 2.05) is 74.9 Å². The summed E-state index contributed by atoms with van der Waals surface area (Å²) in [5.41, 5.74) is 24.7. The molecular weight excluding hydrogens is 1850 g/mol. The predicted octanol–water partition coefficient (Wildman–Crippen LogP) is 40.0. The van der Waals surface area contributed by atoms with Crippen LogP contribution in [0, 0.1) is 0 Å². The van der Waals surface area contributed by atoms with Crippen LogP contribution in [0.1, 0.15) is 0 Å². The lowest BCUT2D eigenvalue weighted by atomic mass is 10.0. The second-order valence-corrected chi connectivity index (χ2v) is 41.1. The Labute approximate surface area is 870 Å². The molecule has 0 aliphatic carbocycles. The largest absolute Gasteiger partial charge is 0.345 e. The minimum absolute atomic E-state index is 1.18. The van der Waals surface area contributed by atoms with Gasteiger partial charge >= 0.3 is 0 Å². The van der Waals surface area contributed by atoms with Gasteiger partial charge < -0.3 is 24.5 Å². The van der Waals surface area contributed by atoms with E-state index in [4.69, 9.17) is 0 Å². The van der Waals surface area contributed by atoms with Crippen LogP contribution < -0.4 is 24.5 Å². The molecule has 5 nitrogen and oxygen atoms in total. The van der Waals surface area contributed by atoms with Crippen molar-refractivity contribution in [3.63, 3.8) is 0 Å². The van der Waals surface area contributed by atoms with Crippen molar-refractivity contribution < 1.29 is 0 Å². The number of anilines is 10. The molecule has 5 aromatic heterocycles. The van der Waals surface area contributed by atoms with Crippen molar-refractivity contribution in [3.05, 3.63) is 546 Å². The SMILES string of the molecule is CN(c1ccc(-c2ccc(-c3cccc4ccccc34)s2)cc1)c1cccc2ccccc12.CN(c1cccc(-c2ccc(-c3ccccc3)s2)c1)c1cccc2ccccc12.CN(c1ccccc1)c1ccc(-c2ccc(-c3cccc4ccccc34)s2)cc1.CN(c1ccccc1)c1cccc(-c2ccc(-c3cccc4ccccc34)s2)c1.CN(c1ccccc1)c1cccc(-c2ccc(-c3ccccc3)s2)c1. The van der Waals surface area contributed by atoms with E-state index in [0.29, 0.717) is 0 Å². The highest BCUT2D eigenvalue weighted by Crippen LogP contribution is 2.46. The maximum absolute atomic E-state index is 2.28. The quantitative estimate of drug-likeness (QED) is 0.0754. The number of thiophene rings is 5. The van der Waals surface area contributed by atoms with Crippen molar-refractivity contribution in [1.29, 1.82) is 0 Å². The summed E-state index contributed by atoms with van der Waals surface area (Å²) >= 11 is 9.23. The summed E-state index contributed by atoms with van der Waals surface area (Å²) in [4.78, 5) is 24.2. The number of benzene rings is 20. The first-order valence-corrected chi connectivity index (χ1v) is 52.9. The van der Waals surface area contributed by atoms with Crippen molar-refractivity contribution >= 4 is 167 Å². The molecule has 145 heavy (non-hydrogen) atoms. The van der Waals surface area contributed by atoms with Gasteiger partial charge in [0, 0.05) is 152 Å². The standard InChI is InChI=1S/C31H23NS.3C27H21NS.C23H19NS/c1-32(29-15-7-11-23-9-3-5-13-27(23)29)25-18-16-24(17-19-25)30-20-21-31(33-30)28-14-6-10-22-8-2-4-12-26(22)28;1-28(22-12-3-2-4-13-22)23-14-7-11-21(19-23)26-17-18-27(29-26)25-16-8-10-20-9-5-6-15-24(20)25;1-28(25-16-8-12-20-9-5-6-15-24(20)25)23-14-7-13-22(19-23)27-18-17-26(29-27)21-10-3-2-4-11-21;1-28(22-10-3-2-4-11-22)23-16-14-21(15-17-23)26-18-19-27(29-26)25-13-7-9-20-8-5-6-12-24(20)25;1-24(20-12-6-3-7-13-20)21-14-8-11-19(17-21)23-16-15-22(25-23)18-9-4-2-5-10-18/h2-21H,1H3;3*2-19H,1H3;2-17H,1H3. The minimum atomic E-state index is 1.18. The molecule has 0 N–H and O–H groups in total.